The molecule has 0 aliphatic carbocycles. The van der Waals surface area contributed by atoms with Crippen LogP contribution >= 0.6 is 0 Å². The molecular formula is C11H20N4O4. The molecule has 19 heavy (non-hydrogen) atoms. The predicted octanol–water partition coefficient (Wildman–Crippen LogP) is -0.980. The van der Waals surface area contributed by atoms with Crippen LogP contribution in [0.25, 0.3) is 0 Å². The van der Waals surface area contributed by atoms with Gasteiger partial charge < -0.3 is 15.6 Å². The molecule has 0 saturated heterocycles. The van der Waals surface area contributed by atoms with Gasteiger partial charge in [-0.1, -0.05) is 6.58 Å². The van der Waals surface area contributed by atoms with Gasteiger partial charge in [0.25, 0.3) is 0 Å². The Balaban J connectivity index is 4.33. The van der Waals surface area contributed by atoms with Gasteiger partial charge in [-0.3, -0.25) is 9.68 Å². The first-order valence-electron chi connectivity index (χ1n) is 5.47. The maximum Gasteiger partial charge on any atom is 0.362 e. The van der Waals surface area contributed by atoms with Crippen LogP contribution in [0.4, 0.5) is 0 Å². The zero-order valence-corrected chi connectivity index (χ0v) is 11.4. The number of nitrogens with two attached hydrogens (primary N) is 1. The Morgan fingerprint density at radius 2 is 2.11 bits per heavy atom. The van der Waals surface area contributed by atoms with Crippen molar-refractivity contribution in [1.29, 1.82) is 0 Å². The molecule has 0 aromatic carbocycles. The van der Waals surface area contributed by atoms with E-state index in [-0.39, 0.29) is 19.0 Å². The van der Waals surface area contributed by atoms with E-state index in [0.717, 1.165) is 5.01 Å². The second-order valence-corrected chi connectivity index (χ2v) is 3.66. The third-order valence-corrected chi connectivity index (χ3v) is 1.96. The highest BCUT2D eigenvalue weighted by molar-refractivity contribution is 5.92. The Kier molecular flexibility index (Phi) is 7.98. The molecule has 4 N–H and O–H groups in total. The molecule has 0 aromatic rings. The molecule has 108 valence electrons. The fraction of sp³-hybridized carbons (Fsp3) is 0.455. The van der Waals surface area contributed by atoms with Gasteiger partial charge in [0.2, 0.25) is 5.91 Å². The summed E-state index contributed by atoms with van der Waals surface area (Å²) in [6.07, 6.45) is 1.47. The normalized spacial score (nSPS) is 10.6. The number of carbonyl (C=O) groups excluding carboxylic acids is 2. The molecule has 0 aliphatic heterocycles. The predicted molar refractivity (Wildman–Crippen MR) is 69.0 cm³/mol. The van der Waals surface area contributed by atoms with Gasteiger partial charge in [-0.25, -0.2) is 10.6 Å². The minimum absolute atomic E-state index is 0.187. The summed E-state index contributed by atoms with van der Waals surface area (Å²) in [4.78, 5) is 30.9. The lowest BCUT2D eigenvalue weighted by atomic mass is 10.3. The summed E-state index contributed by atoms with van der Waals surface area (Å²) in [5.41, 5.74) is 1.02. The van der Waals surface area contributed by atoms with Gasteiger partial charge >= 0.3 is 5.97 Å². The minimum atomic E-state index is -0.636. The lowest BCUT2D eigenvalue weighted by Gasteiger charge is -2.15. The van der Waals surface area contributed by atoms with Gasteiger partial charge in [0.1, 0.15) is 6.54 Å². The fourth-order valence-electron chi connectivity index (χ4n) is 1.04. The molecule has 0 unspecified atom stereocenters. The van der Waals surface area contributed by atoms with E-state index in [2.05, 4.69) is 27.0 Å². The zero-order valence-electron chi connectivity index (χ0n) is 11.4. The maximum atomic E-state index is 11.3. The Bertz CT molecular complexity index is 368. The molecule has 0 heterocycles. The molecule has 0 fully saturated rings. The molecular weight excluding hydrogens is 252 g/mol. The molecule has 0 aromatic heterocycles. The number of likely N-dealkylation sites (N-methyl/N-ethyl adjacent to an activating group) is 1. The van der Waals surface area contributed by atoms with Crippen molar-refractivity contribution < 1.29 is 19.4 Å². The topological polar surface area (TPSA) is 106 Å². The van der Waals surface area contributed by atoms with E-state index >= 15 is 0 Å². The summed E-state index contributed by atoms with van der Waals surface area (Å²) in [7, 11) is 2.89. The molecule has 8 nitrogen and oxygen atoms in total. The smallest absolute Gasteiger partial charge is 0.362 e. The Morgan fingerprint density at radius 1 is 1.47 bits per heavy atom. The van der Waals surface area contributed by atoms with Crippen LogP contribution in [-0.4, -0.2) is 44.1 Å². The summed E-state index contributed by atoms with van der Waals surface area (Å²) in [6.45, 7) is 5.17. The first-order chi connectivity index (χ1) is 8.90. The molecule has 0 saturated carbocycles. The van der Waals surface area contributed by atoms with Crippen LogP contribution in [0.15, 0.2) is 24.0 Å². The van der Waals surface area contributed by atoms with Crippen LogP contribution in [0.2, 0.25) is 0 Å². The number of nitrogens with one attached hydrogen (secondary N) is 2. The SMILES string of the molecule is C=C(C)C(=O)NC/C(=C/N(N)CC(=O)OOC)NC. The fourth-order valence-corrected chi connectivity index (χ4v) is 1.04. The average Bonchev–Trinajstić information content (AvgIpc) is 2.33. The largest absolute Gasteiger partial charge is 0.389 e. The lowest BCUT2D eigenvalue weighted by molar-refractivity contribution is -0.255. The second-order valence-electron chi connectivity index (χ2n) is 3.66. The van der Waals surface area contributed by atoms with E-state index in [9.17, 15) is 9.59 Å². The van der Waals surface area contributed by atoms with Crippen LogP contribution < -0.4 is 16.5 Å². The molecule has 0 atom stereocenters. The van der Waals surface area contributed by atoms with Crippen LogP contribution in [-0.2, 0) is 19.4 Å². The van der Waals surface area contributed by atoms with Crippen LogP contribution in [0, 0.1) is 0 Å². The van der Waals surface area contributed by atoms with Crippen molar-refractivity contribution in [3.63, 3.8) is 0 Å². The number of nitrogens with zero attached hydrogens (tertiary/aromatic N) is 1. The summed E-state index contributed by atoms with van der Waals surface area (Å²) in [5.74, 6) is 4.68. The second kappa shape index (κ2) is 8.95. The quantitative estimate of drug-likeness (QED) is 0.226. The zero-order chi connectivity index (χ0) is 14.8. The maximum absolute atomic E-state index is 11.3. The number of hydrazine groups is 1. The molecule has 1 amide bonds. The van der Waals surface area contributed by atoms with E-state index in [1.165, 1.54) is 13.3 Å². The van der Waals surface area contributed by atoms with Gasteiger partial charge in [-0.05, 0) is 6.92 Å². The highest BCUT2D eigenvalue weighted by Crippen LogP contribution is 1.92. The summed E-state index contributed by atoms with van der Waals surface area (Å²) >= 11 is 0. The van der Waals surface area contributed by atoms with Gasteiger partial charge in [0, 0.05) is 24.5 Å². The molecule has 0 spiro atoms. The van der Waals surface area contributed by atoms with Crippen molar-refractivity contribution in [1.82, 2.24) is 15.6 Å². The van der Waals surface area contributed by atoms with Gasteiger partial charge in [0.05, 0.1) is 13.7 Å². The number of hydrogen-bond donors (Lipinski definition) is 3. The average molecular weight is 272 g/mol. The van der Waals surface area contributed by atoms with Crippen LogP contribution in [0.1, 0.15) is 6.92 Å². The van der Waals surface area contributed by atoms with Crippen LogP contribution in [0.3, 0.4) is 0 Å². The number of amides is 1. The van der Waals surface area contributed by atoms with E-state index in [4.69, 9.17) is 5.84 Å². The molecule has 0 aliphatic rings. The first kappa shape index (κ1) is 16.9. The number of carbonyl (C=O) groups is 2. The summed E-state index contributed by atoms with van der Waals surface area (Å²) in [5, 5.41) is 6.58. The van der Waals surface area contributed by atoms with Crippen molar-refractivity contribution in [2.75, 3.05) is 27.2 Å². The third kappa shape index (κ3) is 7.79. The van der Waals surface area contributed by atoms with E-state index in [1.54, 1.807) is 14.0 Å². The first-order valence-corrected chi connectivity index (χ1v) is 5.47. The Labute approximate surface area is 112 Å². The third-order valence-electron chi connectivity index (χ3n) is 1.96. The van der Waals surface area contributed by atoms with Crippen molar-refractivity contribution in [3.8, 4) is 0 Å². The Hall–Kier alpha value is -2.06. The van der Waals surface area contributed by atoms with Crippen molar-refractivity contribution >= 4 is 11.9 Å². The molecule has 0 radical (unpaired) electrons. The van der Waals surface area contributed by atoms with E-state index < -0.39 is 5.97 Å². The van der Waals surface area contributed by atoms with Gasteiger partial charge in [-0.15, -0.1) is 0 Å². The molecule has 0 bridgehead atoms. The van der Waals surface area contributed by atoms with Gasteiger partial charge in [-0.2, -0.15) is 4.89 Å². The minimum Gasteiger partial charge on any atom is -0.389 e. The molecule has 8 heteroatoms. The van der Waals surface area contributed by atoms with Crippen molar-refractivity contribution in [3.05, 3.63) is 24.0 Å². The highest BCUT2D eigenvalue weighted by atomic mass is 17.2. The number of hydrogen-bond acceptors (Lipinski definition) is 7. The summed E-state index contributed by atoms with van der Waals surface area (Å²) < 4.78 is 0. The van der Waals surface area contributed by atoms with E-state index in [1.807, 2.05) is 0 Å². The van der Waals surface area contributed by atoms with Crippen LogP contribution in [0.5, 0.6) is 0 Å². The Morgan fingerprint density at radius 3 is 2.58 bits per heavy atom. The van der Waals surface area contributed by atoms with Crippen molar-refractivity contribution in [2.24, 2.45) is 5.84 Å². The summed E-state index contributed by atoms with van der Waals surface area (Å²) in [6, 6.07) is 0. The number of rotatable bonds is 8. The monoisotopic (exact) mass is 272 g/mol. The lowest BCUT2D eigenvalue weighted by Crippen LogP contribution is -2.35. The standard InChI is InChI=1S/C11H20N4O4/c1-8(2)11(17)14-5-9(13-3)6-15(12)7-10(16)19-18-4/h6,13H,1,5,7,12H2,2-4H3,(H,14,17)/b9-6-. The van der Waals surface area contributed by atoms with Crippen molar-refractivity contribution in [2.45, 2.75) is 6.92 Å². The van der Waals surface area contributed by atoms with Gasteiger partial charge in [0.15, 0.2) is 0 Å². The molecule has 0 rings (SSSR count). The highest BCUT2D eigenvalue weighted by Gasteiger charge is 2.08. The van der Waals surface area contributed by atoms with E-state index in [0.29, 0.717) is 11.3 Å².